The number of aliphatic hydroxyl groups excluding tert-OH is 1. The van der Waals surface area contributed by atoms with Crippen LogP contribution >= 0.6 is 0 Å². The Kier molecular flexibility index (Phi) is 3.16. The molecule has 4 heteroatoms. The summed E-state index contributed by atoms with van der Waals surface area (Å²) < 4.78 is 5.37. The van der Waals surface area contributed by atoms with Crippen LogP contribution in [0.2, 0.25) is 0 Å². The van der Waals surface area contributed by atoms with Crippen molar-refractivity contribution in [3.05, 3.63) is 59.7 Å². The van der Waals surface area contributed by atoms with Gasteiger partial charge >= 0.3 is 0 Å². The lowest BCUT2D eigenvalue weighted by Crippen LogP contribution is -2.35. The third-order valence-electron chi connectivity index (χ3n) is 3.50. The normalized spacial score (nSPS) is 15.5. The van der Waals surface area contributed by atoms with Gasteiger partial charge in [-0.25, -0.2) is 0 Å². The Labute approximate surface area is 117 Å². The average Bonchev–Trinajstić information content (AvgIpc) is 2.51. The topological polar surface area (TPSA) is 49.8 Å². The second-order valence-electron chi connectivity index (χ2n) is 4.78. The summed E-state index contributed by atoms with van der Waals surface area (Å²) in [6.45, 7) is 0.0596. The Hall–Kier alpha value is -2.33. The number of amides is 1. The summed E-state index contributed by atoms with van der Waals surface area (Å²) in [7, 11) is 1.71. The SMILES string of the molecule is CN1C(=O)COc2ccc(C(O)c3ccccc3)cc21. The standard InChI is InChI=1S/C16H15NO3/c1-17-13-9-12(7-8-14(13)20-10-15(17)18)16(19)11-5-3-2-4-6-11/h2-9,16,19H,10H2,1H3. The fraction of sp³-hybridized carbons (Fsp3) is 0.188. The summed E-state index contributed by atoms with van der Waals surface area (Å²) in [6, 6.07) is 14.8. The van der Waals surface area contributed by atoms with Gasteiger partial charge in [0.15, 0.2) is 6.61 Å². The predicted molar refractivity (Wildman–Crippen MR) is 75.9 cm³/mol. The number of carbonyl (C=O) groups excluding carboxylic acids is 1. The van der Waals surface area contributed by atoms with Crippen molar-refractivity contribution in [1.82, 2.24) is 0 Å². The summed E-state index contributed by atoms with van der Waals surface area (Å²) in [5.41, 5.74) is 2.24. The molecule has 2 aromatic rings. The van der Waals surface area contributed by atoms with Gasteiger partial charge in [-0.1, -0.05) is 36.4 Å². The summed E-state index contributed by atoms with van der Waals surface area (Å²) in [5.74, 6) is 0.569. The van der Waals surface area contributed by atoms with Crippen LogP contribution in [0.25, 0.3) is 0 Å². The van der Waals surface area contributed by atoms with Crippen LogP contribution in [0.15, 0.2) is 48.5 Å². The first-order chi connectivity index (χ1) is 9.66. The Balaban J connectivity index is 1.98. The maximum atomic E-state index is 11.6. The third kappa shape index (κ3) is 2.14. The van der Waals surface area contributed by atoms with Crippen LogP contribution in [0.4, 0.5) is 5.69 Å². The fourth-order valence-electron chi connectivity index (χ4n) is 2.29. The second-order valence-corrected chi connectivity index (χ2v) is 4.78. The molecular weight excluding hydrogens is 254 g/mol. The molecule has 1 amide bonds. The zero-order valence-electron chi connectivity index (χ0n) is 11.1. The first-order valence-corrected chi connectivity index (χ1v) is 6.43. The number of anilines is 1. The Morgan fingerprint density at radius 1 is 1.15 bits per heavy atom. The van der Waals surface area contributed by atoms with Gasteiger partial charge in [0, 0.05) is 7.05 Å². The predicted octanol–water partition coefficient (Wildman–Crippen LogP) is 2.12. The van der Waals surface area contributed by atoms with Gasteiger partial charge in [-0.3, -0.25) is 4.79 Å². The fourth-order valence-corrected chi connectivity index (χ4v) is 2.29. The third-order valence-corrected chi connectivity index (χ3v) is 3.50. The Morgan fingerprint density at radius 2 is 1.90 bits per heavy atom. The van der Waals surface area contributed by atoms with E-state index in [4.69, 9.17) is 4.74 Å². The van der Waals surface area contributed by atoms with E-state index in [2.05, 4.69) is 0 Å². The Bertz CT molecular complexity index is 639. The molecule has 20 heavy (non-hydrogen) atoms. The molecule has 0 saturated carbocycles. The molecule has 0 radical (unpaired) electrons. The number of nitrogens with zero attached hydrogens (tertiary/aromatic N) is 1. The first-order valence-electron chi connectivity index (χ1n) is 6.43. The van der Waals surface area contributed by atoms with Crippen molar-refractivity contribution in [2.24, 2.45) is 0 Å². The van der Waals surface area contributed by atoms with E-state index in [-0.39, 0.29) is 12.5 Å². The summed E-state index contributed by atoms with van der Waals surface area (Å²) in [5, 5.41) is 10.4. The number of rotatable bonds is 2. The van der Waals surface area contributed by atoms with Gasteiger partial charge < -0.3 is 14.7 Å². The van der Waals surface area contributed by atoms with E-state index in [1.807, 2.05) is 36.4 Å². The van der Waals surface area contributed by atoms with Crippen LogP contribution < -0.4 is 9.64 Å². The lowest BCUT2D eigenvalue weighted by molar-refractivity contribution is -0.120. The number of ether oxygens (including phenoxy) is 1. The van der Waals surface area contributed by atoms with E-state index in [0.29, 0.717) is 11.4 Å². The largest absolute Gasteiger partial charge is 0.482 e. The molecule has 0 bridgehead atoms. The molecule has 102 valence electrons. The average molecular weight is 269 g/mol. The van der Waals surface area contributed by atoms with E-state index < -0.39 is 6.10 Å². The highest BCUT2D eigenvalue weighted by atomic mass is 16.5. The van der Waals surface area contributed by atoms with Crippen molar-refractivity contribution in [2.45, 2.75) is 6.10 Å². The van der Waals surface area contributed by atoms with E-state index in [1.165, 1.54) is 0 Å². The van der Waals surface area contributed by atoms with Crippen LogP contribution in [0.3, 0.4) is 0 Å². The smallest absolute Gasteiger partial charge is 0.264 e. The van der Waals surface area contributed by atoms with Crippen molar-refractivity contribution in [3.63, 3.8) is 0 Å². The minimum absolute atomic E-state index is 0.0596. The van der Waals surface area contributed by atoms with Crippen molar-refractivity contribution in [1.29, 1.82) is 0 Å². The zero-order chi connectivity index (χ0) is 14.1. The summed E-state index contributed by atoms with van der Waals surface area (Å²) in [4.78, 5) is 13.2. The van der Waals surface area contributed by atoms with Gasteiger partial charge in [0.25, 0.3) is 5.91 Å². The number of fused-ring (bicyclic) bond motifs is 1. The zero-order valence-corrected chi connectivity index (χ0v) is 11.1. The van der Waals surface area contributed by atoms with E-state index in [1.54, 1.807) is 24.1 Å². The summed E-state index contributed by atoms with van der Waals surface area (Å²) in [6.07, 6.45) is -0.716. The molecule has 0 aromatic heterocycles. The molecule has 1 aliphatic heterocycles. The number of hydrogen-bond donors (Lipinski definition) is 1. The monoisotopic (exact) mass is 269 g/mol. The Morgan fingerprint density at radius 3 is 2.65 bits per heavy atom. The lowest BCUT2D eigenvalue weighted by atomic mass is 10.0. The highest BCUT2D eigenvalue weighted by Crippen LogP contribution is 2.34. The molecule has 0 fully saturated rings. The molecule has 1 N–H and O–H groups in total. The van der Waals surface area contributed by atoms with Gasteiger partial charge in [0.1, 0.15) is 11.9 Å². The molecular formula is C16H15NO3. The maximum absolute atomic E-state index is 11.6. The number of aliphatic hydroxyl groups is 1. The van der Waals surface area contributed by atoms with Crippen LogP contribution in [0.1, 0.15) is 17.2 Å². The van der Waals surface area contributed by atoms with Gasteiger partial charge in [0.2, 0.25) is 0 Å². The number of hydrogen-bond acceptors (Lipinski definition) is 3. The molecule has 4 nitrogen and oxygen atoms in total. The van der Waals surface area contributed by atoms with Gasteiger partial charge in [-0.15, -0.1) is 0 Å². The highest BCUT2D eigenvalue weighted by Gasteiger charge is 2.23. The number of benzene rings is 2. The van der Waals surface area contributed by atoms with E-state index >= 15 is 0 Å². The van der Waals surface area contributed by atoms with Crippen molar-refractivity contribution in [3.8, 4) is 5.75 Å². The van der Waals surface area contributed by atoms with Crippen molar-refractivity contribution < 1.29 is 14.6 Å². The van der Waals surface area contributed by atoms with E-state index in [0.717, 1.165) is 11.1 Å². The molecule has 0 saturated heterocycles. The van der Waals surface area contributed by atoms with E-state index in [9.17, 15) is 9.90 Å². The van der Waals surface area contributed by atoms with Crippen LogP contribution in [0.5, 0.6) is 5.75 Å². The molecule has 2 aromatic carbocycles. The van der Waals surface area contributed by atoms with Crippen molar-refractivity contribution in [2.75, 3.05) is 18.6 Å². The minimum atomic E-state index is -0.716. The molecule has 3 rings (SSSR count). The minimum Gasteiger partial charge on any atom is -0.482 e. The quantitative estimate of drug-likeness (QED) is 0.908. The highest BCUT2D eigenvalue weighted by molar-refractivity contribution is 5.97. The van der Waals surface area contributed by atoms with Crippen LogP contribution in [-0.4, -0.2) is 24.7 Å². The van der Waals surface area contributed by atoms with Crippen molar-refractivity contribution >= 4 is 11.6 Å². The van der Waals surface area contributed by atoms with Crippen LogP contribution in [-0.2, 0) is 4.79 Å². The molecule has 1 atom stereocenters. The van der Waals surface area contributed by atoms with Crippen LogP contribution in [0, 0.1) is 0 Å². The van der Waals surface area contributed by atoms with Gasteiger partial charge in [0.05, 0.1) is 5.69 Å². The molecule has 1 heterocycles. The first kappa shape index (κ1) is 12.7. The van der Waals surface area contributed by atoms with Gasteiger partial charge in [-0.05, 0) is 23.3 Å². The molecule has 1 aliphatic rings. The van der Waals surface area contributed by atoms with Gasteiger partial charge in [-0.2, -0.15) is 0 Å². The second kappa shape index (κ2) is 4.98. The molecule has 1 unspecified atom stereocenters. The summed E-state index contributed by atoms with van der Waals surface area (Å²) >= 11 is 0. The molecule has 0 aliphatic carbocycles. The molecule has 0 spiro atoms. The number of carbonyl (C=O) groups is 1. The number of likely N-dealkylation sites (N-methyl/N-ethyl adjacent to an activating group) is 1. The maximum Gasteiger partial charge on any atom is 0.264 e. The lowest BCUT2D eigenvalue weighted by Gasteiger charge is -2.27.